The summed E-state index contributed by atoms with van der Waals surface area (Å²) in [5.74, 6) is 1.50. The van der Waals surface area contributed by atoms with Crippen LogP contribution in [-0.4, -0.2) is 6.61 Å². The van der Waals surface area contributed by atoms with Crippen molar-refractivity contribution in [3.8, 4) is 5.75 Å². The number of rotatable bonds is 6. The fraction of sp³-hybridized carbons (Fsp3) is 0.636. The van der Waals surface area contributed by atoms with Gasteiger partial charge in [0.2, 0.25) is 0 Å². The van der Waals surface area contributed by atoms with E-state index in [1.54, 1.807) is 6.07 Å². The normalized spacial score (nSPS) is 29.1. The minimum absolute atomic E-state index is 0.332. The number of alkyl halides is 2. The van der Waals surface area contributed by atoms with E-state index < -0.39 is 12.4 Å². The summed E-state index contributed by atoms with van der Waals surface area (Å²) in [5.41, 5.74) is 0.924. The molecule has 0 amide bonds. The minimum Gasteiger partial charge on any atom is -0.432 e. The number of fused-ring (bicyclic) bond motifs is 1. The molecule has 1 aromatic carbocycles. The molecule has 0 aliphatic heterocycles. The van der Waals surface area contributed by atoms with Crippen molar-refractivity contribution in [2.75, 3.05) is 0 Å². The predicted octanol–water partition coefficient (Wildman–Crippen LogP) is 7.08. The SMILES string of the molecule is CCC/C=C/C1CCC2CC(c3ccc(OC(F)F)c(F)c3)CCC2C1. The van der Waals surface area contributed by atoms with Gasteiger partial charge in [0.25, 0.3) is 0 Å². The maximum absolute atomic E-state index is 14.0. The monoisotopic (exact) mass is 366 g/mol. The van der Waals surface area contributed by atoms with Crippen LogP contribution < -0.4 is 4.74 Å². The van der Waals surface area contributed by atoms with E-state index in [0.717, 1.165) is 30.2 Å². The molecule has 2 aliphatic rings. The summed E-state index contributed by atoms with van der Waals surface area (Å²) in [7, 11) is 0. The molecule has 1 nitrogen and oxygen atoms in total. The molecule has 0 saturated heterocycles. The smallest absolute Gasteiger partial charge is 0.387 e. The van der Waals surface area contributed by atoms with Crippen LogP contribution in [-0.2, 0) is 0 Å². The van der Waals surface area contributed by atoms with Crippen molar-refractivity contribution in [2.24, 2.45) is 17.8 Å². The largest absolute Gasteiger partial charge is 0.432 e. The first-order chi connectivity index (χ1) is 12.6. The van der Waals surface area contributed by atoms with Crippen LogP contribution in [0.25, 0.3) is 0 Å². The number of ether oxygens (including phenoxy) is 1. The lowest BCUT2D eigenvalue weighted by molar-refractivity contribution is -0.0522. The second kappa shape index (κ2) is 8.96. The first-order valence-electron chi connectivity index (χ1n) is 9.97. The van der Waals surface area contributed by atoms with E-state index in [0.29, 0.717) is 11.8 Å². The highest BCUT2D eigenvalue weighted by Gasteiger charge is 2.35. The van der Waals surface area contributed by atoms with Crippen molar-refractivity contribution in [2.45, 2.75) is 70.8 Å². The van der Waals surface area contributed by atoms with Crippen molar-refractivity contribution in [1.29, 1.82) is 0 Å². The fourth-order valence-corrected chi connectivity index (χ4v) is 4.82. The van der Waals surface area contributed by atoms with Gasteiger partial charge in [-0.25, -0.2) is 4.39 Å². The van der Waals surface area contributed by atoms with Crippen molar-refractivity contribution in [3.63, 3.8) is 0 Å². The van der Waals surface area contributed by atoms with Crippen LogP contribution in [0.4, 0.5) is 13.2 Å². The molecule has 2 saturated carbocycles. The maximum Gasteiger partial charge on any atom is 0.387 e. The van der Waals surface area contributed by atoms with Crippen LogP contribution in [0.5, 0.6) is 5.75 Å². The van der Waals surface area contributed by atoms with E-state index in [-0.39, 0.29) is 5.75 Å². The van der Waals surface area contributed by atoms with Gasteiger partial charge in [0.1, 0.15) is 0 Å². The summed E-state index contributed by atoms with van der Waals surface area (Å²) in [6, 6.07) is 4.49. The van der Waals surface area contributed by atoms with Gasteiger partial charge in [-0.2, -0.15) is 8.78 Å². The Morgan fingerprint density at radius 3 is 2.62 bits per heavy atom. The molecule has 4 heteroatoms. The van der Waals surface area contributed by atoms with Crippen LogP contribution in [0.3, 0.4) is 0 Å². The molecule has 0 spiro atoms. The second-order valence-electron chi connectivity index (χ2n) is 7.89. The molecule has 0 radical (unpaired) electrons. The van der Waals surface area contributed by atoms with E-state index in [9.17, 15) is 13.2 Å². The number of unbranched alkanes of at least 4 members (excludes halogenated alkanes) is 1. The second-order valence-corrected chi connectivity index (χ2v) is 7.89. The van der Waals surface area contributed by atoms with Crippen LogP contribution in [0.2, 0.25) is 0 Å². The minimum atomic E-state index is -2.99. The molecule has 1 aromatic rings. The van der Waals surface area contributed by atoms with Gasteiger partial charge in [0.05, 0.1) is 0 Å². The molecule has 0 heterocycles. The summed E-state index contributed by atoms with van der Waals surface area (Å²) in [5, 5.41) is 0. The van der Waals surface area contributed by atoms with E-state index in [2.05, 4.69) is 23.8 Å². The Morgan fingerprint density at radius 1 is 1.12 bits per heavy atom. The van der Waals surface area contributed by atoms with E-state index >= 15 is 0 Å². The van der Waals surface area contributed by atoms with Gasteiger partial charge >= 0.3 is 6.61 Å². The number of halogens is 3. The van der Waals surface area contributed by atoms with Gasteiger partial charge in [0, 0.05) is 0 Å². The molecular weight excluding hydrogens is 337 g/mol. The summed E-state index contributed by atoms with van der Waals surface area (Å²) in [4.78, 5) is 0. The van der Waals surface area contributed by atoms with Gasteiger partial charge in [-0.1, -0.05) is 31.6 Å². The highest BCUT2D eigenvalue weighted by Crippen LogP contribution is 2.48. The Balaban J connectivity index is 1.58. The molecule has 2 fully saturated rings. The van der Waals surface area contributed by atoms with Gasteiger partial charge < -0.3 is 4.74 Å². The molecule has 4 atom stereocenters. The molecular formula is C22H29F3O. The maximum atomic E-state index is 14.0. The number of hydrogen-bond acceptors (Lipinski definition) is 1. The number of hydrogen-bond donors (Lipinski definition) is 0. The number of allylic oxidation sites excluding steroid dienone is 2. The highest BCUT2D eigenvalue weighted by atomic mass is 19.3. The first-order valence-corrected chi connectivity index (χ1v) is 9.97. The van der Waals surface area contributed by atoms with Crippen molar-refractivity contribution < 1.29 is 17.9 Å². The fourth-order valence-electron chi connectivity index (χ4n) is 4.82. The average Bonchev–Trinajstić information content (AvgIpc) is 2.63. The van der Waals surface area contributed by atoms with Crippen LogP contribution >= 0.6 is 0 Å². The standard InChI is InChI=1S/C22H29F3O/c1-2-3-4-5-15-6-7-17-13-18(9-8-16(17)12-15)19-10-11-21(20(23)14-19)26-22(24)25/h4-5,10-11,14-18,22H,2-3,6-9,12-13H2,1H3/b5-4+. The third kappa shape index (κ3) is 4.83. The Bertz CT molecular complexity index is 613. The molecule has 0 N–H and O–H groups in total. The lowest BCUT2D eigenvalue weighted by Gasteiger charge is -2.42. The van der Waals surface area contributed by atoms with Crippen molar-refractivity contribution in [3.05, 3.63) is 41.7 Å². The molecule has 2 aliphatic carbocycles. The van der Waals surface area contributed by atoms with Crippen LogP contribution in [0, 0.1) is 23.6 Å². The van der Waals surface area contributed by atoms with Gasteiger partial charge in [-0.15, -0.1) is 0 Å². The Labute approximate surface area is 154 Å². The zero-order chi connectivity index (χ0) is 18.5. The summed E-state index contributed by atoms with van der Waals surface area (Å²) < 4.78 is 42.8. The van der Waals surface area contributed by atoms with E-state index in [1.807, 2.05) is 0 Å². The van der Waals surface area contributed by atoms with Gasteiger partial charge in [-0.3, -0.25) is 0 Å². The van der Waals surface area contributed by atoms with Crippen molar-refractivity contribution >= 4 is 0 Å². The van der Waals surface area contributed by atoms with Crippen molar-refractivity contribution in [1.82, 2.24) is 0 Å². The van der Waals surface area contributed by atoms with Gasteiger partial charge in [-0.05, 0) is 86.3 Å². The van der Waals surface area contributed by atoms with E-state index in [1.165, 1.54) is 50.7 Å². The Hall–Kier alpha value is -1.45. The molecule has 0 bridgehead atoms. The molecule has 0 aromatic heterocycles. The molecule has 3 rings (SSSR count). The third-order valence-electron chi connectivity index (χ3n) is 6.16. The lowest BCUT2D eigenvalue weighted by atomic mass is 9.64. The number of benzene rings is 1. The Morgan fingerprint density at radius 2 is 1.88 bits per heavy atom. The Kier molecular flexibility index (Phi) is 6.66. The van der Waals surface area contributed by atoms with Gasteiger partial charge in [0.15, 0.2) is 11.6 Å². The highest BCUT2D eigenvalue weighted by molar-refractivity contribution is 5.31. The summed E-state index contributed by atoms with van der Waals surface area (Å²) in [6.45, 7) is -0.787. The zero-order valence-corrected chi connectivity index (χ0v) is 15.5. The average molecular weight is 366 g/mol. The van der Waals surface area contributed by atoms with Crippen LogP contribution in [0.15, 0.2) is 30.4 Å². The zero-order valence-electron chi connectivity index (χ0n) is 15.5. The lowest BCUT2D eigenvalue weighted by Crippen LogP contribution is -2.30. The molecule has 4 unspecified atom stereocenters. The van der Waals surface area contributed by atoms with E-state index in [4.69, 9.17) is 0 Å². The van der Waals surface area contributed by atoms with Crippen LogP contribution in [0.1, 0.15) is 69.8 Å². The quantitative estimate of drug-likeness (QED) is 0.489. The predicted molar refractivity (Wildman–Crippen MR) is 98.0 cm³/mol. The third-order valence-corrected chi connectivity index (χ3v) is 6.16. The molecule has 26 heavy (non-hydrogen) atoms. The topological polar surface area (TPSA) is 9.23 Å². The summed E-state index contributed by atoms with van der Waals surface area (Å²) >= 11 is 0. The molecule has 144 valence electrons. The summed E-state index contributed by atoms with van der Waals surface area (Å²) in [6.07, 6.45) is 14.2. The first kappa shape index (κ1) is 19.3.